The Balaban J connectivity index is 1.89. The van der Waals surface area contributed by atoms with Crippen LogP contribution in [0.15, 0.2) is 50.7 Å². The van der Waals surface area contributed by atoms with E-state index in [0.717, 1.165) is 0 Å². The van der Waals surface area contributed by atoms with Gasteiger partial charge in [0.1, 0.15) is 17.3 Å². The van der Waals surface area contributed by atoms with Crippen LogP contribution in [0.25, 0.3) is 17.4 Å². The van der Waals surface area contributed by atoms with Crippen LogP contribution in [0.5, 0.6) is 0 Å². The number of likely N-dealkylation sites (N-methyl/N-ethyl adjacent to an activating group) is 1. The molecule has 24 heavy (non-hydrogen) atoms. The molecule has 2 heterocycles. The van der Waals surface area contributed by atoms with E-state index in [1.807, 2.05) is 13.8 Å². The second kappa shape index (κ2) is 7.05. The highest BCUT2D eigenvalue weighted by Crippen LogP contribution is 2.33. The molecule has 0 N–H and O–H groups in total. The minimum Gasteiger partial charge on any atom is -0.457 e. The maximum Gasteiger partial charge on any atom is 0.266 e. The zero-order valence-corrected chi connectivity index (χ0v) is 14.3. The van der Waals surface area contributed by atoms with Gasteiger partial charge in [0.25, 0.3) is 5.91 Å². The molecule has 1 saturated heterocycles. The Bertz CT molecular complexity index is 826. The van der Waals surface area contributed by atoms with Crippen molar-refractivity contribution in [2.45, 2.75) is 13.8 Å². The average molecular weight is 344 g/mol. The number of amides is 1. The number of carbonyl (C=O) groups excluding carboxylic acids is 1. The van der Waals surface area contributed by atoms with Crippen molar-refractivity contribution in [1.82, 2.24) is 4.90 Å². The maximum atomic E-state index is 13.8. The van der Waals surface area contributed by atoms with Crippen LogP contribution in [-0.2, 0) is 4.79 Å². The van der Waals surface area contributed by atoms with Crippen LogP contribution in [0.4, 0.5) is 4.39 Å². The van der Waals surface area contributed by atoms with Gasteiger partial charge in [0.2, 0.25) is 0 Å². The van der Waals surface area contributed by atoms with Crippen LogP contribution in [0.2, 0.25) is 0 Å². The van der Waals surface area contributed by atoms with Crippen LogP contribution in [0.3, 0.4) is 0 Å². The third-order valence-electron chi connectivity index (χ3n) is 3.54. The molecule has 3 rings (SSSR count). The molecule has 1 aromatic heterocycles. The highest BCUT2D eigenvalue weighted by atomic mass is 32.2. The first-order valence-corrected chi connectivity index (χ1v) is 8.56. The Kier molecular flexibility index (Phi) is 4.85. The summed E-state index contributed by atoms with van der Waals surface area (Å²) in [5.74, 6) is 0.522. The van der Waals surface area contributed by atoms with Crippen molar-refractivity contribution in [3.8, 4) is 11.3 Å². The molecule has 0 atom stereocenters. The van der Waals surface area contributed by atoms with Crippen molar-refractivity contribution in [1.29, 1.82) is 0 Å². The van der Waals surface area contributed by atoms with Gasteiger partial charge < -0.3 is 4.42 Å². The molecular weight excluding hydrogens is 327 g/mol. The average Bonchev–Trinajstić information content (AvgIpc) is 3.14. The quantitative estimate of drug-likeness (QED) is 0.773. The summed E-state index contributed by atoms with van der Waals surface area (Å²) in [6.45, 7) is 5.04. The summed E-state index contributed by atoms with van der Waals surface area (Å²) in [5.41, 5.74) is 0.399. The van der Waals surface area contributed by atoms with Gasteiger partial charge in [0.05, 0.1) is 10.5 Å². The Labute approximate surface area is 144 Å². The fourth-order valence-corrected chi connectivity index (χ4v) is 3.49. The van der Waals surface area contributed by atoms with Crippen LogP contribution < -0.4 is 0 Å². The Morgan fingerprint density at radius 1 is 1.25 bits per heavy atom. The summed E-state index contributed by atoms with van der Waals surface area (Å²) < 4.78 is 19.5. The van der Waals surface area contributed by atoms with Crippen LogP contribution in [0.1, 0.15) is 19.6 Å². The lowest BCUT2D eigenvalue weighted by molar-refractivity contribution is -0.122. The molecule has 124 valence electrons. The molecule has 1 fully saturated rings. The lowest BCUT2D eigenvalue weighted by atomic mass is 10.1. The molecular formula is C18H17FN2O2S. The van der Waals surface area contributed by atoms with E-state index in [9.17, 15) is 9.18 Å². The van der Waals surface area contributed by atoms with Crippen molar-refractivity contribution in [3.05, 3.63) is 52.9 Å². The standard InChI is InChI=1S/C18H17FN2O2S/c1-3-20-18-21(4-2)17(22)16(24-18)11-12-9-10-15(23-12)13-7-5-6-8-14(13)19/h5-11H,3-4H2,1-2H3/b16-11+,20-18?. The third-order valence-corrected chi connectivity index (χ3v) is 4.58. The summed E-state index contributed by atoms with van der Waals surface area (Å²) in [5, 5.41) is 0.706. The number of nitrogens with zero attached hydrogens (tertiary/aromatic N) is 2. The summed E-state index contributed by atoms with van der Waals surface area (Å²) in [6, 6.07) is 9.86. The summed E-state index contributed by atoms with van der Waals surface area (Å²) in [4.78, 5) is 19.0. The van der Waals surface area contributed by atoms with Gasteiger partial charge >= 0.3 is 0 Å². The highest BCUT2D eigenvalue weighted by Gasteiger charge is 2.32. The molecule has 1 aromatic carbocycles. The van der Waals surface area contributed by atoms with Gasteiger partial charge in [0.15, 0.2) is 5.17 Å². The molecule has 1 aliphatic heterocycles. The van der Waals surface area contributed by atoms with Gasteiger partial charge in [0, 0.05) is 19.2 Å². The maximum absolute atomic E-state index is 13.8. The largest absolute Gasteiger partial charge is 0.457 e. The summed E-state index contributed by atoms with van der Waals surface area (Å²) in [7, 11) is 0. The third kappa shape index (κ3) is 3.14. The van der Waals surface area contributed by atoms with E-state index in [0.29, 0.717) is 40.2 Å². The Morgan fingerprint density at radius 2 is 2.04 bits per heavy atom. The summed E-state index contributed by atoms with van der Waals surface area (Å²) in [6.07, 6.45) is 1.68. The van der Waals surface area contributed by atoms with Crippen LogP contribution >= 0.6 is 11.8 Å². The molecule has 0 unspecified atom stereocenters. The number of halogens is 1. The first-order valence-electron chi connectivity index (χ1n) is 7.74. The minimum atomic E-state index is -0.341. The number of thioether (sulfide) groups is 1. The number of carbonyl (C=O) groups is 1. The molecule has 0 bridgehead atoms. The zero-order chi connectivity index (χ0) is 17.1. The fourth-order valence-electron chi connectivity index (χ4n) is 2.41. The van der Waals surface area contributed by atoms with Crippen molar-refractivity contribution < 1.29 is 13.6 Å². The van der Waals surface area contributed by atoms with Gasteiger partial charge in [-0.1, -0.05) is 12.1 Å². The molecule has 4 nitrogen and oxygen atoms in total. The molecule has 2 aromatic rings. The second-order valence-corrected chi connectivity index (χ2v) is 6.11. The van der Waals surface area contributed by atoms with E-state index in [-0.39, 0.29) is 11.7 Å². The smallest absolute Gasteiger partial charge is 0.266 e. The van der Waals surface area contributed by atoms with Crippen molar-refractivity contribution >= 4 is 28.9 Å². The number of benzene rings is 1. The Morgan fingerprint density at radius 3 is 2.75 bits per heavy atom. The topological polar surface area (TPSA) is 45.8 Å². The predicted octanol–water partition coefficient (Wildman–Crippen LogP) is 4.40. The van der Waals surface area contributed by atoms with E-state index in [1.54, 1.807) is 41.3 Å². The first-order chi connectivity index (χ1) is 11.6. The lowest BCUT2D eigenvalue weighted by Gasteiger charge is -2.11. The minimum absolute atomic E-state index is 0.0847. The molecule has 0 spiro atoms. The van der Waals surface area contributed by atoms with E-state index < -0.39 is 0 Å². The SMILES string of the molecule is CCN=C1S/C(=C/c2ccc(-c3ccccc3F)o2)C(=O)N1CC. The summed E-state index contributed by atoms with van der Waals surface area (Å²) >= 11 is 1.33. The molecule has 0 saturated carbocycles. The molecule has 6 heteroatoms. The highest BCUT2D eigenvalue weighted by molar-refractivity contribution is 8.18. The molecule has 1 aliphatic rings. The molecule has 0 radical (unpaired) electrons. The van der Waals surface area contributed by atoms with E-state index >= 15 is 0 Å². The number of aliphatic imine (C=N–C) groups is 1. The van der Waals surface area contributed by atoms with Gasteiger partial charge in [-0.05, 0) is 49.9 Å². The zero-order valence-electron chi connectivity index (χ0n) is 13.5. The fraction of sp³-hybridized carbons (Fsp3) is 0.222. The van der Waals surface area contributed by atoms with Gasteiger partial charge in [-0.25, -0.2) is 4.39 Å². The van der Waals surface area contributed by atoms with Crippen molar-refractivity contribution in [3.63, 3.8) is 0 Å². The van der Waals surface area contributed by atoms with Crippen LogP contribution in [0, 0.1) is 5.82 Å². The van der Waals surface area contributed by atoms with Gasteiger partial charge in [-0.15, -0.1) is 0 Å². The number of furan rings is 1. The van der Waals surface area contributed by atoms with E-state index in [1.165, 1.54) is 17.8 Å². The second-order valence-electron chi connectivity index (χ2n) is 5.10. The van der Waals surface area contributed by atoms with Gasteiger partial charge in [-0.2, -0.15) is 0 Å². The first kappa shape index (κ1) is 16.5. The van der Waals surface area contributed by atoms with Crippen molar-refractivity contribution in [2.75, 3.05) is 13.1 Å². The van der Waals surface area contributed by atoms with Crippen molar-refractivity contribution in [2.24, 2.45) is 4.99 Å². The normalized spacial score (nSPS) is 18.1. The Hall–Kier alpha value is -2.34. The van der Waals surface area contributed by atoms with Crippen LogP contribution in [-0.4, -0.2) is 29.1 Å². The number of rotatable bonds is 4. The number of hydrogen-bond acceptors (Lipinski definition) is 4. The monoisotopic (exact) mass is 344 g/mol. The number of amidine groups is 1. The molecule has 1 amide bonds. The van der Waals surface area contributed by atoms with E-state index in [4.69, 9.17) is 4.42 Å². The van der Waals surface area contributed by atoms with E-state index in [2.05, 4.69) is 4.99 Å². The number of hydrogen-bond donors (Lipinski definition) is 0. The molecule has 0 aliphatic carbocycles. The predicted molar refractivity (Wildman–Crippen MR) is 95.0 cm³/mol. The van der Waals surface area contributed by atoms with Gasteiger partial charge in [-0.3, -0.25) is 14.7 Å². The lowest BCUT2D eigenvalue weighted by Crippen LogP contribution is -2.28.